The number of hydrogen-bond donors (Lipinski definition) is 1. The molecular formula is C16H19FN2O4. The SMILES string of the molecule is CCOC(=O)C(F)=C1CN(C(=O)c2cc(C(C)C)c[nH]c2=O)C1. The van der Waals surface area contributed by atoms with Gasteiger partial charge in [-0.3, -0.25) is 9.59 Å². The number of carbonyl (C=O) groups is 2. The Morgan fingerprint density at radius 2 is 2.04 bits per heavy atom. The molecule has 0 radical (unpaired) electrons. The van der Waals surface area contributed by atoms with E-state index in [2.05, 4.69) is 9.72 Å². The lowest BCUT2D eigenvalue weighted by atomic mass is 10.0. The summed E-state index contributed by atoms with van der Waals surface area (Å²) < 4.78 is 18.3. The summed E-state index contributed by atoms with van der Waals surface area (Å²) in [5.41, 5.74) is 0.574. The monoisotopic (exact) mass is 322 g/mol. The highest BCUT2D eigenvalue weighted by Crippen LogP contribution is 2.22. The highest BCUT2D eigenvalue weighted by molar-refractivity contribution is 5.96. The number of aromatic nitrogens is 1. The van der Waals surface area contributed by atoms with Gasteiger partial charge >= 0.3 is 5.97 Å². The standard InChI is InChI=1S/C16H19FN2O4/c1-4-23-16(22)13(17)11-7-19(8-11)15(21)12-5-10(9(2)3)6-18-14(12)20/h5-6,9H,4,7-8H2,1-3H3,(H,18,20). The second-order valence-electron chi connectivity index (χ2n) is 5.63. The van der Waals surface area contributed by atoms with E-state index in [9.17, 15) is 18.8 Å². The number of nitrogens with one attached hydrogen (secondary N) is 1. The minimum absolute atomic E-state index is 0.0190. The zero-order valence-corrected chi connectivity index (χ0v) is 13.3. The Labute approximate surface area is 132 Å². The Morgan fingerprint density at radius 1 is 1.39 bits per heavy atom. The number of esters is 1. The van der Waals surface area contributed by atoms with Crippen LogP contribution in [0.4, 0.5) is 4.39 Å². The molecule has 1 aromatic heterocycles. The molecule has 1 aliphatic rings. The van der Waals surface area contributed by atoms with E-state index in [1.807, 2.05) is 13.8 Å². The van der Waals surface area contributed by atoms with Crippen LogP contribution in [0.5, 0.6) is 0 Å². The fourth-order valence-corrected chi connectivity index (χ4v) is 2.20. The smallest absolute Gasteiger partial charge is 0.367 e. The van der Waals surface area contributed by atoms with Crippen LogP contribution in [0.3, 0.4) is 0 Å². The predicted molar refractivity (Wildman–Crippen MR) is 81.8 cm³/mol. The molecule has 1 saturated heterocycles. The lowest BCUT2D eigenvalue weighted by Crippen LogP contribution is -2.47. The molecule has 7 heteroatoms. The molecule has 1 amide bonds. The number of halogens is 1. The Bertz CT molecular complexity index is 713. The van der Waals surface area contributed by atoms with E-state index >= 15 is 0 Å². The third-order valence-electron chi connectivity index (χ3n) is 3.64. The summed E-state index contributed by atoms with van der Waals surface area (Å²) in [6, 6.07) is 1.55. The molecule has 0 aromatic carbocycles. The first-order valence-electron chi connectivity index (χ1n) is 7.41. The molecule has 0 aliphatic carbocycles. The number of ether oxygens (including phenoxy) is 1. The van der Waals surface area contributed by atoms with E-state index in [1.165, 1.54) is 4.90 Å². The maximum absolute atomic E-state index is 13.7. The first-order valence-corrected chi connectivity index (χ1v) is 7.41. The molecular weight excluding hydrogens is 303 g/mol. The second-order valence-corrected chi connectivity index (χ2v) is 5.63. The lowest BCUT2D eigenvalue weighted by Gasteiger charge is -2.33. The van der Waals surface area contributed by atoms with Crippen LogP contribution in [-0.4, -0.2) is 41.5 Å². The van der Waals surface area contributed by atoms with E-state index in [4.69, 9.17) is 0 Å². The topological polar surface area (TPSA) is 79.5 Å². The van der Waals surface area contributed by atoms with Gasteiger partial charge in [0, 0.05) is 24.9 Å². The van der Waals surface area contributed by atoms with Gasteiger partial charge in [-0.25, -0.2) is 4.79 Å². The van der Waals surface area contributed by atoms with Crippen molar-refractivity contribution in [3.63, 3.8) is 0 Å². The Hall–Kier alpha value is -2.44. The van der Waals surface area contributed by atoms with Gasteiger partial charge in [0.1, 0.15) is 5.56 Å². The van der Waals surface area contributed by atoms with Crippen molar-refractivity contribution in [3.05, 3.63) is 45.1 Å². The third kappa shape index (κ3) is 3.49. The molecule has 1 aromatic rings. The number of H-pyrrole nitrogens is 1. The Kier molecular flexibility index (Phi) is 4.98. The number of amides is 1. The van der Waals surface area contributed by atoms with E-state index in [0.29, 0.717) is 0 Å². The van der Waals surface area contributed by atoms with E-state index in [0.717, 1.165) is 5.56 Å². The number of nitrogens with zero attached hydrogens (tertiary/aromatic N) is 1. The van der Waals surface area contributed by atoms with Crippen LogP contribution in [-0.2, 0) is 9.53 Å². The van der Waals surface area contributed by atoms with Crippen LogP contribution in [0.15, 0.2) is 28.5 Å². The maximum Gasteiger partial charge on any atom is 0.367 e. The van der Waals surface area contributed by atoms with Crippen molar-refractivity contribution in [2.75, 3.05) is 19.7 Å². The van der Waals surface area contributed by atoms with Gasteiger partial charge in [0.15, 0.2) is 0 Å². The van der Waals surface area contributed by atoms with Crippen molar-refractivity contribution in [1.82, 2.24) is 9.88 Å². The maximum atomic E-state index is 13.7. The highest BCUT2D eigenvalue weighted by Gasteiger charge is 2.32. The van der Waals surface area contributed by atoms with Gasteiger partial charge in [0.05, 0.1) is 6.61 Å². The molecule has 2 heterocycles. The van der Waals surface area contributed by atoms with Gasteiger partial charge in [-0.05, 0) is 24.5 Å². The van der Waals surface area contributed by atoms with E-state index in [-0.39, 0.29) is 36.8 Å². The van der Waals surface area contributed by atoms with Crippen LogP contribution < -0.4 is 5.56 Å². The average molecular weight is 322 g/mol. The minimum Gasteiger partial charge on any atom is -0.461 e. The van der Waals surface area contributed by atoms with Gasteiger partial charge in [-0.1, -0.05) is 13.8 Å². The molecule has 1 fully saturated rings. The zero-order valence-electron chi connectivity index (χ0n) is 13.3. The zero-order chi connectivity index (χ0) is 17.1. The second kappa shape index (κ2) is 6.76. The number of carbonyl (C=O) groups excluding carboxylic acids is 2. The number of hydrogen-bond acceptors (Lipinski definition) is 4. The predicted octanol–water partition coefficient (Wildman–Crippen LogP) is 1.74. The molecule has 23 heavy (non-hydrogen) atoms. The van der Waals surface area contributed by atoms with Gasteiger partial charge in [0.2, 0.25) is 5.83 Å². The summed E-state index contributed by atoms with van der Waals surface area (Å²) in [7, 11) is 0. The molecule has 1 aliphatic heterocycles. The van der Waals surface area contributed by atoms with Crippen LogP contribution in [0, 0.1) is 0 Å². The number of rotatable bonds is 4. The average Bonchev–Trinajstić information content (AvgIpc) is 2.45. The molecule has 0 bridgehead atoms. The first kappa shape index (κ1) is 16.9. The minimum atomic E-state index is -1.02. The van der Waals surface area contributed by atoms with Crippen molar-refractivity contribution in [1.29, 1.82) is 0 Å². The van der Waals surface area contributed by atoms with Crippen molar-refractivity contribution in [2.24, 2.45) is 0 Å². The fraction of sp³-hybridized carbons (Fsp3) is 0.438. The number of pyridine rings is 1. The Morgan fingerprint density at radius 3 is 2.61 bits per heavy atom. The van der Waals surface area contributed by atoms with Crippen LogP contribution in [0.25, 0.3) is 0 Å². The summed E-state index contributed by atoms with van der Waals surface area (Å²) in [5.74, 6) is -2.30. The van der Waals surface area contributed by atoms with Gasteiger partial charge in [-0.2, -0.15) is 4.39 Å². The van der Waals surface area contributed by atoms with E-state index < -0.39 is 23.3 Å². The number of likely N-dealkylation sites (tertiary alicyclic amines) is 1. The molecule has 1 N–H and O–H groups in total. The highest BCUT2D eigenvalue weighted by atomic mass is 19.1. The van der Waals surface area contributed by atoms with Crippen LogP contribution in [0.2, 0.25) is 0 Å². The summed E-state index contributed by atoms with van der Waals surface area (Å²) in [5, 5.41) is 0. The summed E-state index contributed by atoms with van der Waals surface area (Å²) in [4.78, 5) is 39.3. The third-order valence-corrected chi connectivity index (χ3v) is 3.64. The first-order chi connectivity index (χ1) is 10.8. The van der Waals surface area contributed by atoms with Gasteiger partial charge in [-0.15, -0.1) is 0 Å². The molecule has 0 atom stereocenters. The quantitative estimate of drug-likeness (QED) is 0.676. The molecule has 0 saturated carbocycles. The van der Waals surface area contributed by atoms with Crippen molar-refractivity contribution < 1.29 is 18.7 Å². The Balaban J connectivity index is 2.13. The summed E-state index contributed by atoms with van der Waals surface area (Å²) in [6.45, 7) is 5.52. The van der Waals surface area contributed by atoms with Crippen molar-refractivity contribution in [3.8, 4) is 0 Å². The molecule has 2 rings (SSSR count). The van der Waals surface area contributed by atoms with Crippen molar-refractivity contribution in [2.45, 2.75) is 26.7 Å². The largest absolute Gasteiger partial charge is 0.461 e. The number of aromatic amines is 1. The normalized spacial score (nSPS) is 13.8. The molecule has 124 valence electrons. The van der Waals surface area contributed by atoms with Gasteiger partial charge < -0.3 is 14.6 Å². The van der Waals surface area contributed by atoms with Crippen LogP contribution >= 0.6 is 0 Å². The fourth-order valence-electron chi connectivity index (χ4n) is 2.20. The van der Waals surface area contributed by atoms with Gasteiger partial charge in [0.25, 0.3) is 11.5 Å². The van der Waals surface area contributed by atoms with E-state index in [1.54, 1.807) is 19.2 Å². The molecule has 0 unspecified atom stereocenters. The summed E-state index contributed by atoms with van der Waals surface area (Å²) in [6.07, 6.45) is 1.58. The van der Waals surface area contributed by atoms with Crippen molar-refractivity contribution >= 4 is 11.9 Å². The lowest BCUT2D eigenvalue weighted by molar-refractivity contribution is -0.140. The summed E-state index contributed by atoms with van der Waals surface area (Å²) >= 11 is 0. The van der Waals surface area contributed by atoms with Crippen LogP contribution in [0.1, 0.15) is 42.6 Å². The molecule has 0 spiro atoms. The molecule has 6 nitrogen and oxygen atoms in total.